The SMILES string of the molecule is O=C(NO)C1(S(=O)(=O)c2ccc(-c3ccccc3)cc2)CCNCC1. The van der Waals surface area contributed by atoms with Gasteiger partial charge in [-0.25, -0.2) is 13.9 Å². The summed E-state index contributed by atoms with van der Waals surface area (Å²) in [6.45, 7) is 0.795. The Hall–Kier alpha value is -2.22. The van der Waals surface area contributed by atoms with Crippen LogP contribution in [0.2, 0.25) is 0 Å². The summed E-state index contributed by atoms with van der Waals surface area (Å²) in [4.78, 5) is 12.3. The standard InChI is InChI=1S/C18H20N2O4S/c21-17(20-22)18(10-12-19-13-11-18)25(23,24)16-8-6-15(7-9-16)14-4-2-1-3-5-14/h1-9,19,22H,10-13H2,(H,20,21). The van der Waals surface area contributed by atoms with Gasteiger partial charge in [-0.3, -0.25) is 10.0 Å². The van der Waals surface area contributed by atoms with Crippen LogP contribution in [0.3, 0.4) is 0 Å². The first-order valence-electron chi connectivity index (χ1n) is 8.07. The van der Waals surface area contributed by atoms with Crippen molar-refractivity contribution in [2.75, 3.05) is 13.1 Å². The van der Waals surface area contributed by atoms with E-state index in [9.17, 15) is 13.2 Å². The number of hydrogen-bond donors (Lipinski definition) is 3. The van der Waals surface area contributed by atoms with Crippen molar-refractivity contribution in [3.63, 3.8) is 0 Å². The Balaban J connectivity index is 2.00. The van der Waals surface area contributed by atoms with Crippen molar-refractivity contribution in [1.82, 2.24) is 10.8 Å². The Labute approximate surface area is 146 Å². The molecule has 0 saturated carbocycles. The maximum atomic E-state index is 13.2. The molecule has 3 N–H and O–H groups in total. The molecular formula is C18H20N2O4S. The summed E-state index contributed by atoms with van der Waals surface area (Å²) in [5.74, 6) is -0.874. The monoisotopic (exact) mass is 360 g/mol. The molecule has 1 aliphatic rings. The molecular weight excluding hydrogens is 340 g/mol. The minimum atomic E-state index is -3.95. The van der Waals surface area contributed by atoms with E-state index in [0.717, 1.165) is 11.1 Å². The van der Waals surface area contributed by atoms with Crippen LogP contribution in [0.4, 0.5) is 0 Å². The molecule has 25 heavy (non-hydrogen) atoms. The van der Waals surface area contributed by atoms with Gasteiger partial charge in [-0.2, -0.15) is 0 Å². The first-order valence-corrected chi connectivity index (χ1v) is 9.55. The fraction of sp³-hybridized carbons (Fsp3) is 0.278. The number of piperidine rings is 1. The van der Waals surface area contributed by atoms with E-state index in [-0.39, 0.29) is 17.7 Å². The lowest BCUT2D eigenvalue weighted by Gasteiger charge is -2.34. The molecule has 0 radical (unpaired) electrons. The van der Waals surface area contributed by atoms with E-state index in [1.54, 1.807) is 17.6 Å². The first-order chi connectivity index (χ1) is 12.0. The molecule has 0 spiro atoms. The summed E-state index contributed by atoms with van der Waals surface area (Å²) in [5, 5.41) is 12.1. The van der Waals surface area contributed by atoms with Crippen molar-refractivity contribution < 1.29 is 18.4 Å². The van der Waals surface area contributed by atoms with E-state index < -0.39 is 20.5 Å². The fourth-order valence-corrected chi connectivity index (χ4v) is 5.21. The van der Waals surface area contributed by atoms with Gasteiger partial charge in [0.15, 0.2) is 14.6 Å². The van der Waals surface area contributed by atoms with Gasteiger partial charge in [0.25, 0.3) is 5.91 Å². The quantitative estimate of drug-likeness (QED) is 0.570. The minimum absolute atomic E-state index is 0.0812. The zero-order valence-corrected chi connectivity index (χ0v) is 14.4. The molecule has 0 aliphatic carbocycles. The highest BCUT2D eigenvalue weighted by molar-refractivity contribution is 7.93. The molecule has 132 valence electrons. The lowest BCUT2D eigenvalue weighted by atomic mass is 9.96. The van der Waals surface area contributed by atoms with E-state index in [1.807, 2.05) is 30.3 Å². The van der Waals surface area contributed by atoms with Crippen molar-refractivity contribution >= 4 is 15.7 Å². The Bertz CT molecular complexity index is 842. The van der Waals surface area contributed by atoms with Crippen LogP contribution in [-0.4, -0.2) is 37.4 Å². The van der Waals surface area contributed by atoms with E-state index in [2.05, 4.69) is 5.32 Å². The van der Waals surface area contributed by atoms with Crippen LogP contribution in [0.15, 0.2) is 59.5 Å². The molecule has 1 aliphatic heterocycles. The number of hydrogen-bond acceptors (Lipinski definition) is 5. The summed E-state index contributed by atoms with van der Waals surface area (Å²) in [7, 11) is -3.95. The first kappa shape index (κ1) is 17.6. The lowest BCUT2D eigenvalue weighted by Crippen LogP contribution is -2.57. The van der Waals surface area contributed by atoms with E-state index in [0.29, 0.717) is 13.1 Å². The van der Waals surface area contributed by atoms with Crippen LogP contribution in [0.5, 0.6) is 0 Å². The van der Waals surface area contributed by atoms with Crippen LogP contribution in [0, 0.1) is 0 Å². The normalized spacial score (nSPS) is 17.0. The highest BCUT2D eigenvalue weighted by atomic mass is 32.2. The Morgan fingerprint density at radius 2 is 1.52 bits per heavy atom. The summed E-state index contributed by atoms with van der Waals surface area (Å²) in [6, 6.07) is 16.1. The van der Waals surface area contributed by atoms with Crippen molar-refractivity contribution in [2.45, 2.75) is 22.5 Å². The molecule has 0 aromatic heterocycles. The van der Waals surface area contributed by atoms with Crippen molar-refractivity contribution in [3.8, 4) is 11.1 Å². The Kier molecular flexibility index (Phi) is 4.89. The number of hydroxylamine groups is 1. The predicted octanol–water partition coefficient (Wildman–Crippen LogP) is 1.75. The van der Waals surface area contributed by atoms with E-state index in [4.69, 9.17) is 5.21 Å². The maximum Gasteiger partial charge on any atom is 0.265 e. The van der Waals surface area contributed by atoms with Crippen molar-refractivity contribution in [1.29, 1.82) is 0 Å². The third kappa shape index (κ3) is 3.06. The molecule has 1 amide bonds. The summed E-state index contributed by atoms with van der Waals surface area (Å²) in [6.07, 6.45) is 0.227. The summed E-state index contributed by atoms with van der Waals surface area (Å²) >= 11 is 0. The van der Waals surface area contributed by atoms with Gasteiger partial charge in [0.05, 0.1) is 4.90 Å². The lowest BCUT2D eigenvalue weighted by molar-refractivity contribution is -0.132. The van der Waals surface area contributed by atoms with Gasteiger partial charge in [0.2, 0.25) is 0 Å². The van der Waals surface area contributed by atoms with Crippen molar-refractivity contribution in [2.24, 2.45) is 0 Å². The average molecular weight is 360 g/mol. The highest BCUT2D eigenvalue weighted by Crippen LogP contribution is 2.34. The topological polar surface area (TPSA) is 95.5 Å². The smallest absolute Gasteiger partial charge is 0.265 e. The average Bonchev–Trinajstić information content (AvgIpc) is 2.68. The molecule has 2 aromatic carbocycles. The van der Waals surface area contributed by atoms with Crippen LogP contribution in [0.25, 0.3) is 11.1 Å². The second-order valence-corrected chi connectivity index (χ2v) is 8.34. The predicted molar refractivity (Wildman–Crippen MR) is 93.8 cm³/mol. The zero-order valence-electron chi connectivity index (χ0n) is 13.6. The van der Waals surface area contributed by atoms with Crippen LogP contribution >= 0.6 is 0 Å². The second kappa shape index (κ2) is 6.95. The summed E-state index contributed by atoms with van der Waals surface area (Å²) < 4.78 is 24.7. The number of amides is 1. The third-order valence-electron chi connectivity index (χ3n) is 4.71. The summed E-state index contributed by atoms with van der Waals surface area (Å²) in [5.41, 5.74) is 3.42. The molecule has 1 saturated heterocycles. The van der Waals surface area contributed by atoms with E-state index in [1.165, 1.54) is 12.1 Å². The molecule has 3 rings (SSSR count). The largest absolute Gasteiger partial charge is 0.317 e. The van der Waals surface area contributed by atoms with Gasteiger partial charge >= 0.3 is 0 Å². The number of sulfone groups is 1. The molecule has 0 unspecified atom stereocenters. The molecule has 1 fully saturated rings. The Morgan fingerprint density at radius 1 is 0.960 bits per heavy atom. The third-order valence-corrected chi connectivity index (χ3v) is 7.23. The fourth-order valence-electron chi connectivity index (χ4n) is 3.23. The molecule has 7 heteroatoms. The number of carbonyl (C=O) groups is 1. The highest BCUT2D eigenvalue weighted by Gasteiger charge is 2.51. The second-order valence-electron chi connectivity index (χ2n) is 6.08. The van der Waals surface area contributed by atoms with Gasteiger partial charge in [0, 0.05) is 0 Å². The zero-order chi connectivity index (χ0) is 17.9. The van der Waals surface area contributed by atoms with Gasteiger partial charge in [0.1, 0.15) is 0 Å². The molecule has 0 bridgehead atoms. The van der Waals surface area contributed by atoms with Crippen LogP contribution in [-0.2, 0) is 14.6 Å². The van der Waals surface area contributed by atoms with Crippen LogP contribution in [0.1, 0.15) is 12.8 Å². The van der Waals surface area contributed by atoms with Gasteiger partial charge in [-0.1, -0.05) is 42.5 Å². The minimum Gasteiger partial charge on any atom is -0.317 e. The number of benzene rings is 2. The van der Waals surface area contributed by atoms with Gasteiger partial charge in [-0.15, -0.1) is 0 Å². The molecule has 6 nitrogen and oxygen atoms in total. The molecule has 0 atom stereocenters. The van der Waals surface area contributed by atoms with Gasteiger partial charge in [-0.05, 0) is 49.2 Å². The Morgan fingerprint density at radius 3 is 2.08 bits per heavy atom. The van der Waals surface area contributed by atoms with E-state index >= 15 is 0 Å². The molecule has 2 aromatic rings. The molecule has 1 heterocycles. The number of nitrogens with one attached hydrogen (secondary N) is 2. The van der Waals surface area contributed by atoms with Gasteiger partial charge < -0.3 is 5.32 Å². The van der Waals surface area contributed by atoms with Crippen LogP contribution < -0.4 is 10.8 Å². The van der Waals surface area contributed by atoms with Crippen molar-refractivity contribution in [3.05, 3.63) is 54.6 Å². The maximum absolute atomic E-state index is 13.2. The number of rotatable bonds is 4. The number of carbonyl (C=O) groups excluding carboxylic acids is 1.